The number of aliphatic hydroxyl groups excluding tert-OH is 1. The predicted molar refractivity (Wildman–Crippen MR) is 118 cm³/mol. The lowest BCUT2D eigenvalue weighted by atomic mass is 9.46. The number of halogens is 2. The predicted octanol–water partition coefficient (Wildman–Crippen LogP) is 5.60. The molecular formula is C26H42F2O3. The standard InChI is InChI=1S/C26H42F2O3/c1-16(12-26(27,28)15-29)19-8-9-20-18-7-6-17-13-25(4,30)22(31-5)14-24(17,3)21(18)10-11-23(19,20)2/h6,16,18-22,29-30H,7-15H2,1-5H3/t16-,18+,19-,20+,21+,22+,23-,24+,25-/m1/s1. The van der Waals surface area contributed by atoms with Gasteiger partial charge in [0.05, 0.1) is 11.7 Å². The van der Waals surface area contributed by atoms with Crippen LogP contribution in [0.2, 0.25) is 0 Å². The zero-order chi connectivity index (χ0) is 22.8. The molecule has 0 heterocycles. The summed E-state index contributed by atoms with van der Waals surface area (Å²) in [4.78, 5) is 0. The van der Waals surface area contributed by atoms with Crippen molar-refractivity contribution >= 4 is 0 Å². The second-order valence-electron chi connectivity index (χ2n) is 12.1. The average molecular weight is 441 g/mol. The molecule has 0 unspecified atom stereocenters. The minimum absolute atomic E-state index is 0.0563. The molecule has 3 nitrogen and oxygen atoms in total. The summed E-state index contributed by atoms with van der Waals surface area (Å²) in [5, 5.41) is 20.0. The fraction of sp³-hybridized carbons (Fsp3) is 0.923. The number of fused-ring (bicyclic) bond motifs is 5. The van der Waals surface area contributed by atoms with E-state index >= 15 is 0 Å². The van der Waals surface area contributed by atoms with Crippen LogP contribution in [-0.2, 0) is 4.74 Å². The summed E-state index contributed by atoms with van der Waals surface area (Å²) in [5.74, 6) is -1.03. The van der Waals surface area contributed by atoms with Gasteiger partial charge >= 0.3 is 0 Å². The fourth-order valence-electron chi connectivity index (χ4n) is 8.81. The molecule has 3 saturated carbocycles. The summed E-state index contributed by atoms with van der Waals surface area (Å²) in [7, 11) is 1.71. The first-order valence-electron chi connectivity index (χ1n) is 12.3. The molecule has 3 fully saturated rings. The molecule has 2 N–H and O–H groups in total. The Kier molecular flexibility index (Phi) is 5.92. The van der Waals surface area contributed by atoms with Crippen molar-refractivity contribution in [1.82, 2.24) is 0 Å². The maximum atomic E-state index is 14.0. The zero-order valence-corrected chi connectivity index (χ0v) is 20.0. The summed E-state index contributed by atoms with van der Waals surface area (Å²) in [6.45, 7) is 7.57. The molecule has 4 rings (SSSR count). The highest BCUT2D eigenvalue weighted by Gasteiger charge is 2.61. The first-order valence-corrected chi connectivity index (χ1v) is 12.3. The third-order valence-electron chi connectivity index (χ3n) is 10.4. The van der Waals surface area contributed by atoms with Gasteiger partial charge in [-0.15, -0.1) is 0 Å². The molecule has 9 atom stereocenters. The van der Waals surface area contributed by atoms with E-state index in [0.717, 1.165) is 38.5 Å². The third kappa shape index (κ3) is 3.71. The zero-order valence-electron chi connectivity index (χ0n) is 20.0. The SMILES string of the molecule is CO[C@H]1C[C@@]2(C)C(=CC[C@H]3[C@@H]4CC[C@H]([C@H](C)CC(F)(F)CO)[C@@]4(C)CC[C@@H]32)C[C@@]1(C)O. The first-order chi connectivity index (χ1) is 14.4. The molecule has 4 aliphatic carbocycles. The van der Waals surface area contributed by atoms with E-state index in [2.05, 4.69) is 19.9 Å². The topological polar surface area (TPSA) is 49.7 Å². The normalized spacial score (nSPS) is 48.4. The molecule has 4 aliphatic rings. The Hall–Kier alpha value is -0.520. The van der Waals surface area contributed by atoms with Crippen LogP contribution in [0.1, 0.15) is 79.1 Å². The minimum Gasteiger partial charge on any atom is -0.390 e. The van der Waals surface area contributed by atoms with Gasteiger partial charge in [-0.25, -0.2) is 8.78 Å². The third-order valence-corrected chi connectivity index (χ3v) is 10.4. The number of hydrogen-bond acceptors (Lipinski definition) is 3. The number of methoxy groups -OCH3 is 1. The lowest BCUT2D eigenvalue weighted by Gasteiger charge is -2.60. The smallest absolute Gasteiger partial charge is 0.270 e. The van der Waals surface area contributed by atoms with Gasteiger partial charge in [0, 0.05) is 13.5 Å². The van der Waals surface area contributed by atoms with Crippen LogP contribution in [0.4, 0.5) is 8.78 Å². The Bertz CT molecular complexity index is 719. The molecule has 5 heteroatoms. The van der Waals surface area contributed by atoms with Gasteiger partial charge in [0.25, 0.3) is 5.92 Å². The molecular weight excluding hydrogens is 398 g/mol. The van der Waals surface area contributed by atoms with Gasteiger partial charge in [0.15, 0.2) is 0 Å². The Morgan fingerprint density at radius 1 is 1.19 bits per heavy atom. The molecule has 0 saturated heterocycles. The molecule has 0 spiro atoms. The Labute approximate surface area is 186 Å². The summed E-state index contributed by atoms with van der Waals surface area (Å²) in [6, 6.07) is 0. The quantitative estimate of drug-likeness (QED) is 0.548. The van der Waals surface area contributed by atoms with Crippen molar-refractivity contribution in [3.05, 3.63) is 11.6 Å². The van der Waals surface area contributed by atoms with Crippen LogP contribution >= 0.6 is 0 Å². The van der Waals surface area contributed by atoms with Crippen LogP contribution in [0, 0.1) is 40.4 Å². The van der Waals surface area contributed by atoms with E-state index in [1.165, 1.54) is 5.57 Å². The Morgan fingerprint density at radius 3 is 2.55 bits per heavy atom. The van der Waals surface area contributed by atoms with Gasteiger partial charge in [-0.2, -0.15) is 0 Å². The molecule has 0 amide bonds. The van der Waals surface area contributed by atoms with E-state index in [9.17, 15) is 13.9 Å². The van der Waals surface area contributed by atoms with E-state index < -0.39 is 18.1 Å². The van der Waals surface area contributed by atoms with Gasteiger partial charge in [0.2, 0.25) is 0 Å². The molecule has 31 heavy (non-hydrogen) atoms. The van der Waals surface area contributed by atoms with E-state index in [1.54, 1.807) is 7.11 Å². The van der Waals surface area contributed by atoms with Crippen molar-refractivity contribution in [3.63, 3.8) is 0 Å². The second-order valence-corrected chi connectivity index (χ2v) is 12.1. The molecule has 0 bridgehead atoms. The first kappa shape index (κ1) is 23.6. The van der Waals surface area contributed by atoms with Gasteiger partial charge < -0.3 is 14.9 Å². The number of rotatable bonds is 5. The van der Waals surface area contributed by atoms with Crippen molar-refractivity contribution in [2.24, 2.45) is 40.4 Å². The van der Waals surface area contributed by atoms with Gasteiger partial charge in [0.1, 0.15) is 6.61 Å². The number of ether oxygens (including phenoxy) is 1. The molecule has 0 aromatic carbocycles. The van der Waals surface area contributed by atoms with Gasteiger partial charge in [-0.3, -0.25) is 0 Å². The van der Waals surface area contributed by atoms with Crippen molar-refractivity contribution < 1.29 is 23.7 Å². The Balaban J connectivity index is 1.58. The summed E-state index contributed by atoms with van der Waals surface area (Å²) in [6.07, 6.45) is 9.01. The van der Waals surface area contributed by atoms with Crippen LogP contribution in [-0.4, -0.2) is 41.6 Å². The monoisotopic (exact) mass is 440 g/mol. The maximum absolute atomic E-state index is 14.0. The highest BCUT2D eigenvalue weighted by molar-refractivity contribution is 5.28. The summed E-state index contributed by atoms with van der Waals surface area (Å²) in [5.41, 5.74) is 0.748. The molecule has 0 aliphatic heterocycles. The van der Waals surface area contributed by atoms with Crippen LogP contribution in [0.25, 0.3) is 0 Å². The second kappa shape index (κ2) is 7.77. The molecule has 0 radical (unpaired) electrons. The van der Waals surface area contributed by atoms with Crippen LogP contribution in [0.3, 0.4) is 0 Å². The van der Waals surface area contributed by atoms with Gasteiger partial charge in [-0.1, -0.05) is 32.4 Å². The largest absolute Gasteiger partial charge is 0.390 e. The van der Waals surface area contributed by atoms with Crippen molar-refractivity contribution in [3.8, 4) is 0 Å². The van der Waals surface area contributed by atoms with Crippen molar-refractivity contribution in [1.29, 1.82) is 0 Å². The lowest BCUT2D eigenvalue weighted by Crippen LogP contribution is -2.56. The number of hydrogen-bond donors (Lipinski definition) is 2. The summed E-state index contributed by atoms with van der Waals surface area (Å²) < 4.78 is 33.6. The summed E-state index contributed by atoms with van der Waals surface area (Å²) >= 11 is 0. The molecule has 0 aromatic heterocycles. The minimum atomic E-state index is -2.98. The maximum Gasteiger partial charge on any atom is 0.270 e. The highest BCUT2D eigenvalue weighted by Crippen LogP contribution is 2.68. The Morgan fingerprint density at radius 2 is 1.90 bits per heavy atom. The van der Waals surface area contributed by atoms with Crippen LogP contribution in [0.15, 0.2) is 11.6 Å². The average Bonchev–Trinajstić information content (AvgIpc) is 3.05. The lowest BCUT2D eigenvalue weighted by molar-refractivity contribution is -0.140. The molecule has 0 aromatic rings. The van der Waals surface area contributed by atoms with E-state index in [-0.39, 0.29) is 29.3 Å². The number of aliphatic hydroxyl groups is 2. The van der Waals surface area contributed by atoms with E-state index in [0.29, 0.717) is 30.1 Å². The fourth-order valence-corrected chi connectivity index (χ4v) is 8.81. The van der Waals surface area contributed by atoms with Crippen molar-refractivity contribution in [2.75, 3.05) is 13.7 Å². The van der Waals surface area contributed by atoms with E-state index in [4.69, 9.17) is 9.84 Å². The molecule has 178 valence electrons. The highest BCUT2D eigenvalue weighted by atomic mass is 19.3. The van der Waals surface area contributed by atoms with Crippen LogP contribution < -0.4 is 0 Å². The number of alkyl halides is 2. The van der Waals surface area contributed by atoms with Crippen LogP contribution in [0.5, 0.6) is 0 Å². The number of allylic oxidation sites excluding steroid dienone is 1. The van der Waals surface area contributed by atoms with E-state index in [1.807, 2.05) is 13.8 Å². The van der Waals surface area contributed by atoms with Gasteiger partial charge in [-0.05, 0) is 92.3 Å². The van der Waals surface area contributed by atoms with Crippen molar-refractivity contribution in [2.45, 2.75) is 96.7 Å².